The summed E-state index contributed by atoms with van der Waals surface area (Å²) in [5, 5.41) is 20.7. The zero-order valence-corrected chi connectivity index (χ0v) is 17.0. The van der Waals surface area contributed by atoms with Crippen molar-refractivity contribution in [3.05, 3.63) is 45.8 Å². The van der Waals surface area contributed by atoms with Crippen LogP contribution in [0.4, 0.5) is 11.5 Å². The third-order valence-corrected chi connectivity index (χ3v) is 5.84. The molecule has 2 N–H and O–H groups in total. The summed E-state index contributed by atoms with van der Waals surface area (Å²) < 4.78 is 5.47. The van der Waals surface area contributed by atoms with E-state index in [9.17, 15) is 0 Å². The molecule has 0 saturated carbocycles. The molecule has 2 aromatic heterocycles. The summed E-state index contributed by atoms with van der Waals surface area (Å²) in [6.07, 6.45) is 0.996. The maximum absolute atomic E-state index is 6.37. The molecule has 1 saturated heterocycles. The summed E-state index contributed by atoms with van der Waals surface area (Å²) in [7, 11) is 0. The van der Waals surface area contributed by atoms with Crippen molar-refractivity contribution in [3.8, 4) is 11.5 Å². The van der Waals surface area contributed by atoms with Gasteiger partial charge in [0.15, 0.2) is 5.82 Å². The first-order chi connectivity index (χ1) is 14.2. The zero-order valence-electron chi connectivity index (χ0n) is 15.5. The Kier molecular flexibility index (Phi) is 4.99. The Morgan fingerprint density at radius 2 is 2.10 bits per heavy atom. The SMILES string of the molecule is Clc1ccc(Cl)c(CN2CCNc3nnc(-c4noc(C5CCNC5)n4)cc32)c1. The molecule has 8 nitrogen and oxygen atoms in total. The van der Waals surface area contributed by atoms with Crippen molar-refractivity contribution in [2.75, 3.05) is 36.4 Å². The summed E-state index contributed by atoms with van der Waals surface area (Å²) in [6.45, 7) is 4.00. The second kappa shape index (κ2) is 7.78. The highest BCUT2D eigenvalue weighted by Gasteiger charge is 2.25. The molecule has 2 aliphatic heterocycles. The summed E-state index contributed by atoms with van der Waals surface area (Å²) in [5.74, 6) is 2.07. The van der Waals surface area contributed by atoms with Gasteiger partial charge in [-0.3, -0.25) is 0 Å². The Morgan fingerprint density at radius 3 is 2.97 bits per heavy atom. The number of fused-ring (bicyclic) bond motifs is 1. The fourth-order valence-electron chi connectivity index (χ4n) is 3.69. The van der Waals surface area contributed by atoms with Crippen molar-refractivity contribution in [1.29, 1.82) is 0 Å². The van der Waals surface area contributed by atoms with E-state index >= 15 is 0 Å². The molecule has 29 heavy (non-hydrogen) atoms. The molecule has 0 spiro atoms. The number of halogens is 2. The third kappa shape index (κ3) is 3.75. The molecule has 150 valence electrons. The molecule has 0 bridgehead atoms. The number of rotatable bonds is 4. The van der Waals surface area contributed by atoms with Crippen LogP contribution in [0.1, 0.15) is 23.8 Å². The fourth-order valence-corrected chi connectivity index (χ4v) is 4.06. The van der Waals surface area contributed by atoms with E-state index in [2.05, 4.69) is 35.9 Å². The van der Waals surface area contributed by atoms with Crippen LogP contribution in [0, 0.1) is 0 Å². The Bertz CT molecular complexity index is 1040. The molecular formula is C19H19Cl2N7O. The van der Waals surface area contributed by atoms with Crippen LogP contribution in [0.25, 0.3) is 11.5 Å². The van der Waals surface area contributed by atoms with Gasteiger partial charge in [-0.05, 0) is 42.8 Å². The van der Waals surface area contributed by atoms with Crippen LogP contribution >= 0.6 is 23.2 Å². The largest absolute Gasteiger partial charge is 0.365 e. The van der Waals surface area contributed by atoms with E-state index in [4.69, 9.17) is 27.7 Å². The van der Waals surface area contributed by atoms with E-state index in [-0.39, 0.29) is 5.92 Å². The van der Waals surface area contributed by atoms with E-state index in [1.807, 2.05) is 18.2 Å². The van der Waals surface area contributed by atoms with Crippen molar-refractivity contribution in [2.45, 2.75) is 18.9 Å². The van der Waals surface area contributed by atoms with Crippen molar-refractivity contribution >= 4 is 34.7 Å². The molecule has 5 rings (SSSR count). The summed E-state index contributed by atoms with van der Waals surface area (Å²) >= 11 is 12.5. The Hall–Kier alpha value is -2.42. The number of hydrogen-bond donors (Lipinski definition) is 2. The van der Waals surface area contributed by atoms with Crippen LogP contribution in [0.5, 0.6) is 0 Å². The summed E-state index contributed by atoms with van der Waals surface area (Å²) in [4.78, 5) is 6.75. The lowest BCUT2D eigenvalue weighted by molar-refractivity contribution is 0.359. The lowest BCUT2D eigenvalue weighted by Gasteiger charge is -2.31. The van der Waals surface area contributed by atoms with Crippen LogP contribution in [-0.2, 0) is 6.54 Å². The highest BCUT2D eigenvalue weighted by atomic mass is 35.5. The van der Waals surface area contributed by atoms with Crippen molar-refractivity contribution in [3.63, 3.8) is 0 Å². The number of anilines is 2. The average Bonchev–Trinajstić information content (AvgIpc) is 3.42. The van der Waals surface area contributed by atoms with Gasteiger partial charge in [0, 0.05) is 36.2 Å². The van der Waals surface area contributed by atoms with E-state index in [1.54, 1.807) is 6.07 Å². The molecule has 1 aromatic carbocycles. The van der Waals surface area contributed by atoms with E-state index < -0.39 is 0 Å². The molecule has 0 amide bonds. The topological polar surface area (TPSA) is 92.0 Å². The predicted octanol–water partition coefficient (Wildman–Crippen LogP) is 3.34. The van der Waals surface area contributed by atoms with Crippen LogP contribution in [0.2, 0.25) is 10.0 Å². The lowest BCUT2D eigenvalue weighted by Crippen LogP contribution is -2.34. The van der Waals surface area contributed by atoms with E-state index in [1.165, 1.54) is 0 Å². The lowest BCUT2D eigenvalue weighted by atomic mass is 10.1. The molecule has 2 aliphatic rings. The van der Waals surface area contributed by atoms with Gasteiger partial charge in [-0.1, -0.05) is 28.4 Å². The highest BCUT2D eigenvalue weighted by Crippen LogP contribution is 2.32. The van der Waals surface area contributed by atoms with Gasteiger partial charge in [-0.2, -0.15) is 4.98 Å². The molecule has 1 atom stereocenters. The van der Waals surface area contributed by atoms with E-state index in [0.717, 1.165) is 49.7 Å². The molecule has 3 aromatic rings. The molecule has 0 radical (unpaired) electrons. The van der Waals surface area contributed by atoms with Crippen LogP contribution < -0.4 is 15.5 Å². The first kappa shape index (κ1) is 18.6. The zero-order chi connectivity index (χ0) is 19.8. The van der Waals surface area contributed by atoms with Gasteiger partial charge >= 0.3 is 0 Å². The third-order valence-electron chi connectivity index (χ3n) is 5.24. The Morgan fingerprint density at radius 1 is 1.17 bits per heavy atom. The molecule has 1 unspecified atom stereocenters. The van der Waals surface area contributed by atoms with Crippen LogP contribution in [-0.4, -0.2) is 46.5 Å². The van der Waals surface area contributed by atoms with Gasteiger partial charge < -0.3 is 20.1 Å². The number of hydrogen-bond acceptors (Lipinski definition) is 8. The quantitative estimate of drug-likeness (QED) is 0.649. The molecule has 0 aliphatic carbocycles. The molecule has 1 fully saturated rings. The van der Waals surface area contributed by atoms with Gasteiger partial charge in [-0.25, -0.2) is 0 Å². The average molecular weight is 432 g/mol. The van der Waals surface area contributed by atoms with Gasteiger partial charge in [0.2, 0.25) is 11.7 Å². The summed E-state index contributed by atoms with van der Waals surface area (Å²) in [6, 6.07) is 7.43. The Labute approximate surface area is 177 Å². The first-order valence-electron chi connectivity index (χ1n) is 9.52. The Balaban J connectivity index is 1.44. The second-order valence-corrected chi connectivity index (χ2v) is 8.04. The van der Waals surface area contributed by atoms with Gasteiger partial charge in [0.1, 0.15) is 5.69 Å². The fraction of sp³-hybridized carbons (Fsp3) is 0.368. The minimum atomic E-state index is 0.255. The standard InChI is InChI=1S/C19H19Cl2N7O/c20-13-1-2-14(21)12(7-13)10-28-6-5-23-18-16(28)8-15(25-26-18)17-24-19(29-27-17)11-3-4-22-9-11/h1-2,7-8,11,22H,3-6,9-10H2,(H,23,26). The van der Waals surface area contributed by atoms with Crippen molar-refractivity contribution in [1.82, 2.24) is 25.7 Å². The van der Waals surface area contributed by atoms with Crippen molar-refractivity contribution in [2.24, 2.45) is 0 Å². The monoisotopic (exact) mass is 431 g/mol. The maximum atomic E-state index is 6.37. The van der Waals surface area contributed by atoms with Crippen LogP contribution in [0.15, 0.2) is 28.8 Å². The second-order valence-electron chi connectivity index (χ2n) is 7.19. The predicted molar refractivity (Wildman–Crippen MR) is 112 cm³/mol. The van der Waals surface area contributed by atoms with Gasteiger partial charge in [0.05, 0.1) is 11.6 Å². The minimum Gasteiger partial charge on any atom is -0.365 e. The number of nitrogens with zero attached hydrogens (tertiary/aromatic N) is 5. The normalized spacial score (nSPS) is 18.6. The first-order valence-corrected chi connectivity index (χ1v) is 10.3. The molecular weight excluding hydrogens is 413 g/mol. The number of aromatic nitrogens is 4. The number of benzene rings is 1. The smallest absolute Gasteiger partial charge is 0.231 e. The van der Waals surface area contributed by atoms with Gasteiger partial charge in [-0.15, -0.1) is 10.2 Å². The molecule has 10 heteroatoms. The highest BCUT2D eigenvalue weighted by molar-refractivity contribution is 6.33. The maximum Gasteiger partial charge on any atom is 0.231 e. The van der Waals surface area contributed by atoms with Crippen molar-refractivity contribution < 1.29 is 4.52 Å². The number of nitrogens with one attached hydrogen (secondary N) is 2. The minimum absolute atomic E-state index is 0.255. The molecule has 4 heterocycles. The van der Waals surface area contributed by atoms with Gasteiger partial charge in [0.25, 0.3) is 0 Å². The summed E-state index contributed by atoms with van der Waals surface area (Å²) in [5.41, 5.74) is 2.46. The van der Waals surface area contributed by atoms with Crippen LogP contribution in [0.3, 0.4) is 0 Å². The van der Waals surface area contributed by atoms with E-state index in [0.29, 0.717) is 34.0 Å².